The predicted molar refractivity (Wildman–Crippen MR) is 101 cm³/mol. The van der Waals surface area contributed by atoms with E-state index >= 15 is 0 Å². The van der Waals surface area contributed by atoms with Crippen LogP contribution in [0.2, 0.25) is 5.02 Å². The normalized spacial score (nSPS) is 16.5. The number of benzene rings is 1. The van der Waals surface area contributed by atoms with Gasteiger partial charge in [0, 0.05) is 29.5 Å². The first-order valence-electron chi connectivity index (χ1n) is 8.39. The van der Waals surface area contributed by atoms with Gasteiger partial charge in [0.15, 0.2) is 5.82 Å². The Balaban J connectivity index is 1.58. The van der Waals surface area contributed by atoms with Gasteiger partial charge in [0.05, 0.1) is 5.56 Å². The number of anilines is 1. The van der Waals surface area contributed by atoms with Crippen LogP contribution in [-0.4, -0.2) is 33.3 Å². The molecule has 0 unspecified atom stereocenters. The van der Waals surface area contributed by atoms with E-state index in [2.05, 4.69) is 39.1 Å². The third-order valence-corrected chi connectivity index (χ3v) is 6.48. The molecular weight excluding hydrogens is 354 g/mol. The lowest BCUT2D eigenvalue weighted by atomic mass is 10.0. The van der Waals surface area contributed by atoms with Crippen LogP contribution >= 0.6 is 22.9 Å². The van der Waals surface area contributed by atoms with Gasteiger partial charge in [0.25, 0.3) is 0 Å². The van der Waals surface area contributed by atoms with Gasteiger partial charge in [-0.05, 0) is 36.7 Å². The smallest absolute Gasteiger partial charge is 0.163 e. The second kappa shape index (κ2) is 5.83. The highest BCUT2D eigenvalue weighted by atomic mass is 35.5. The van der Waals surface area contributed by atoms with Crippen molar-refractivity contribution in [2.45, 2.75) is 26.2 Å². The first-order valence-corrected chi connectivity index (χ1v) is 9.59. The van der Waals surface area contributed by atoms with Crippen LogP contribution in [0.4, 0.5) is 5.00 Å². The molecule has 4 heterocycles. The molecule has 3 aromatic rings. The van der Waals surface area contributed by atoms with Crippen molar-refractivity contribution < 1.29 is 0 Å². The topological polar surface area (TPSA) is 37.2 Å². The molecule has 0 saturated heterocycles. The molecule has 0 amide bonds. The van der Waals surface area contributed by atoms with E-state index in [0.29, 0.717) is 0 Å². The lowest BCUT2D eigenvalue weighted by Gasteiger charge is -2.29. The molecule has 0 bridgehead atoms. The van der Waals surface area contributed by atoms with Crippen molar-refractivity contribution in [3.8, 4) is 11.4 Å². The number of likely N-dealkylation sites (N-methyl/N-ethyl adjacent to an activating group) is 1. The Kier molecular flexibility index (Phi) is 3.58. The minimum absolute atomic E-state index is 0.736. The van der Waals surface area contributed by atoms with Gasteiger partial charge in [-0.1, -0.05) is 23.7 Å². The Morgan fingerprint density at radius 1 is 1.24 bits per heavy atom. The van der Waals surface area contributed by atoms with E-state index in [9.17, 15) is 0 Å². The molecule has 0 aliphatic carbocycles. The lowest BCUT2D eigenvalue weighted by Crippen LogP contribution is -2.30. The van der Waals surface area contributed by atoms with Crippen LogP contribution < -0.4 is 4.90 Å². The number of rotatable bonds is 2. The summed E-state index contributed by atoms with van der Waals surface area (Å²) in [5, 5.41) is 6.55. The fourth-order valence-corrected chi connectivity index (χ4v) is 5.23. The Bertz CT molecular complexity index is 930. The van der Waals surface area contributed by atoms with E-state index in [-0.39, 0.29) is 0 Å². The lowest BCUT2D eigenvalue weighted by molar-refractivity contribution is 0.317. The zero-order valence-corrected chi connectivity index (χ0v) is 15.5. The minimum atomic E-state index is 0.736. The molecule has 0 radical (unpaired) electrons. The second-order valence-corrected chi connectivity index (χ2v) is 8.24. The number of thiophene rings is 1. The standard InChI is InChI=1S/C18H18ClN5S/c1-22-7-6-14-15(9-22)25-18-16(14)17-20-10-21-24(17)11-23(18)8-12-2-4-13(19)5-3-12/h2-5,10H,6-9,11H2,1H3. The number of aromatic nitrogens is 3. The third-order valence-electron chi connectivity index (χ3n) is 4.95. The third kappa shape index (κ3) is 2.56. The summed E-state index contributed by atoms with van der Waals surface area (Å²) in [6, 6.07) is 8.11. The average molecular weight is 372 g/mol. The second-order valence-electron chi connectivity index (χ2n) is 6.72. The molecule has 2 aliphatic rings. The quantitative estimate of drug-likeness (QED) is 0.689. The molecule has 5 nitrogen and oxygen atoms in total. The van der Waals surface area contributed by atoms with E-state index < -0.39 is 0 Å². The van der Waals surface area contributed by atoms with Crippen LogP contribution in [-0.2, 0) is 26.2 Å². The Labute approximate surface area is 155 Å². The van der Waals surface area contributed by atoms with Crippen molar-refractivity contribution in [2.24, 2.45) is 0 Å². The summed E-state index contributed by atoms with van der Waals surface area (Å²) < 4.78 is 2.02. The molecule has 128 valence electrons. The van der Waals surface area contributed by atoms with Crippen LogP contribution in [0.15, 0.2) is 30.6 Å². The summed E-state index contributed by atoms with van der Waals surface area (Å²) >= 11 is 7.95. The molecule has 25 heavy (non-hydrogen) atoms. The van der Waals surface area contributed by atoms with Crippen molar-refractivity contribution in [1.29, 1.82) is 0 Å². The zero-order valence-electron chi connectivity index (χ0n) is 13.9. The summed E-state index contributed by atoms with van der Waals surface area (Å²) in [6.07, 6.45) is 2.75. The first-order chi connectivity index (χ1) is 12.2. The molecule has 0 fully saturated rings. The summed E-state index contributed by atoms with van der Waals surface area (Å²) in [7, 11) is 2.19. The molecule has 0 spiro atoms. The molecule has 0 atom stereocenters. The maximum atomic E-state index is 6.03. The van der Waals surface area contributed by atoms with Crippen LogP contribution in [0.25, 0.3) is 11.4 Å². The van der Waals surface area contributed by atoms with Crippen LogP contribution in [0.1, 0.15) is 16.0 Å². The van der Waals surface area contributed by atoms with Crippen LogP contribution in [0.3, 0.4) is 0 Å². The average Bonchev–Trinajstić information content (AvgIpc) is 3.20. The number of hydrogen-bond donors (Lipinski definition) is 0. The maximum Gasteiger partial charge on any atom is 0.163 e. The largest absolute Gasteiger partial charge is 0.339 e. The van der Waals surface area contributed by atoms with Gasteiger partial charge >= 0.3 is 0 Å². The van der Waals surface area contributed by atoms with Gasteiger partial charge in [-0.15, -0.1) is 11.3 Å². The SMILES string of the molecule is CN1CCc2c(sc3c2-c2ncnn2CN3Cc2ccc(Cl)cc2)C1. The molecular formula is C18H18ClN5S. The van der Waals surface area contributed by atoms with E-state index in [1.807, 2.05) is 28.2 Å². The van der Waals surface area contributed by atoms with Gasteiger partial charge in [-0.25, -0.2) is 9.67 Å². The Morgan fingerprint density at radius 2 is 2.08 bits per heavy atom. The summed E-state index contributed by atoms with van der Waals surface area (Å²) in [5.41, 5.74) is 4.02. The number of hydrogen-bond acceptors (Lipinski definition) is 5. The predicted octanol–water partition coefficient (Wildman–Crippen LogP) is 3.63. The summed E-state index contributed by atoms with van der Waals surface area (Å²) in [6.45, 7) is 3.70. The number of nitrogens with zero attached hydrogens (tertiary/aromatic N) is 5. The molecule has 7 heteroatoms. The van der Waals surface area contributed by atoms with E-state index in [1.54, 1.807) is 6.33 Å². The maximum absolute atomic E-state index is 6.03. The molecule has 2 aromatic heterocycles. The highest BCUT2D eigenvalue weighted by Gasteiger charge is 2.32. The van der Waals surface area contributed by atoms with Crippen molar-refractivity contribution >= 4 is 27.9 Å². The van der Waals surface area contributed by atoms with Gasteiger partial charge in [0.1, 0.15) is 18.0 Å². The molecule has 5 rings (SSSR count). The highest BCUT2D eigenvalue weighted by Crippen LogP contribution is 2.47. The highest BCUT2D eigenvalue weighted by molar-refractivity contribution is 7.17. The summed E-state index contributed by atoms with van der Waals surface area (Å²) in [4.78, 5) is 10.8. The van der Waals surface area contributed by atoms with Crippen LogP contribution in [0.5, 0.6) is 0 Å². The minimum Gasteiger partial charge on any atom is -0.339 e. The van der Waals surface area contributed by atoms with Crippen molar-refractivity contribution in [3.63, 3.8) is 0 Å². The van der Waals surface area contributed by atoms with Gasteiger partial charge in [-0.2, -0.15) is 5.10 Å². The Hall–Kier alpha value is -1.89. The van der Waals surface area contributed by atoms with E-state index in [4.69, 9.17) is 11.6 Å². The summed E-state index contributed by atoms with van der Waals surface area (Å²) in [5.74, 6) is 1.02. The fourth-order valence-electron chi connectivity index (χ4n) is 3.69. The Morgan fingerprint density at radius 3 is 2.92 bits per heavy atom. The van der Waals surface area contributed by atoms with Crippen molar-refractivity contribution in [1.82, 2.24) is 19.7 Å². The molecule has 2 aliphatic heterocycles. The number of halogens is 1. The van der Waals surface area contributed by atoms with E-state index in [1.165, 1.54) is 26.6 Å². The van der Waals surface area contributed by atoms with E-state index in [0.717, 1.165) is 43.6 Å². The van der Waals surface area contributed by atoms with Gasteiger partial charge in [-0.3, -0.25) is 0 Å². The molecule has 1 aromatic carbocycles. The van der Waals surface area contributed by atoms with Gasteiger partial charge in [0.2, 0.25) is 0 Å². The van der Waals surface area contributed by atoms with Crippen molar-refractivity contribution in [3.05, 3.63) is 51.6 Å². The fraction of sp³-hybridized carbons (Fsp3) is 0.333. The molecule has 0 N–H and O–H groups in total. The number of fused-ring (bicyclic) bond motifs is 5. The zero-order chi connectivity index (χ0) is 17.0. The van der Waals surface area contributed by atoms with Crippen molar-refractivity contribution in [2.75, 3.05) is 18.5 Å². The van der Waals surface area contributed by atoms with Gasteiger partial charge < -0.3 is 9.80 Å². The molecule has 0 saturated carbocycles. The first kappa shape index (κ1) is 15.4. The van der Waals surface area contributed by atoms with Crippen LogP contribution in [0, 0.1) is 0 Å². The monoisotopic (exact) mass is 371 g/mol.